The van der Waals surface area contributed by atoms with Crippen LogP contribution in [0.15, 0.2) is 48.5 Å². The molecule has 0 unspecified atom stereocenters. The van der Waals surface area contributed by atoms with Gasteiger partial charge in [-0.05, 0) is 30.3 Å². The number of hydrogen-bond acceptors (Lipinski definition) is 4. The second kappa shape index (κ2) is 7.82. The number of ether oxygens (including phenoxy) is 2. The van der Waals surface area contributed by atoms with Gasteiger partial charge in [-0.25, -0.2) is 4.79 Å². The number of carbonyl (C=O) groups excluding carboxylic acids is 2. The standard InChI is InChI=1S/C16H12Cl2O4/c17-11-6-7-13(14(18)8-11)15(19)9-22-16(20)10-21-12-4-2-1-3-5-12/h1-8H,9-10H2. The summed E-state index contributed by atoms with van der Waals surface area (Å²) in [5.41, 5.74) is 0.253. The zero-order valence-corrected chi connectivity index (χ0v) is 12.9. The zero-order valence-electron chi connectivity index (χ0n) is 11.4. The molecule has 0 saturated heterocycles. The lowest BCUT2D eigenvalue weighted by molar-refractivity contribution is -0.144. The van der Waals surface area contributed by atoms with Gasteiger partial charge in [0.25, 0.3) is 0 Å². The molecule has 0 aliphatic heterocycles. The van der Waals surface area contributed by atoms with E-state index in [1.807, 2.05) is 6.07 Å². The van der Waals surface area contributed by atoms with Crippen LogP contribution in [0.25, 0.3) is 0 Å². The van der Waals surface area contributed by atoms with E-state index in [2.05, 4.69) is 0 Å². The largest absolute Gasteiger partial charge is 0.482 e. The number of benzene rings is 2. The molecule has 22 heavy (non-hydrogen) atoms. The van der Waals surface area contributed by atoms with E-state index in [0.29, 0.717) is 10.8 Å². The van der Waals surface area contributed by atoms with E-state index in [-0.39, 0.29) is 17.2 Å². The van der Waals surface area contributed by atoms with Crippen molar-refractivity contribution < 1.29 is 19.1 Å². The van der Waals surface area contributed by atoms with Crippen LogP contribution in [0.3, 0.4) is 0 Å². The predicted octanol–water partition coefficient (Wildman–Crippen LogP) is 3.80. The fourth-order valence-corrected chi connectivity index (χ4v) is 2.15. The Hall–Kier alpha value is -2.04. The molecular weight excluding hydrogens is 327 g/mol. The topological polar surface area (TPSA) is 52.6 Å². The minimum Gasteiger partial charge on any atom is -0.482 e. The molecule has 0 spiro atoms. The highest BCUT2D eigenvalue weighted by atomic mass is 35.5. The van der Waals surface area contributed by atoms with Crippen molar-refractivity contribution in [2.24, 2.45) is 0 Å². The van der Waals surface area contributed by atoms with Gasteiger partial charge < -0.3 is 9.47 Å². The van der Waals surface area contributed by atoms with Crippen LogP contribution in [0.1, 0.15) is 10.4 Å². The van der Waals surface area contributed by atoms with Gasteiger partial charge in [0, 0.05) is 10.6 Å². The lowest BCUT2D eigenvalue weighted by Crippen LogP contribution is -2.19. The summed E-state index contributed by atoms with van der Waals surface area (Å²) in [5.74, 6) is -0.497. The van der Waals surface area contributed by atoms with Gasteiger partial charge in [-0.3, -0.25) is 4.79 Å². The highest BCUT2D eigenvalue weighted by Crippen LogP contribution is 2.21. The molecule has 0 amide bonds. The minimum atomic E-state index is -0.637. The fraction of sp³-hybridized carbons (Fsp3) is 0.125. The number of hydrogen-bond donors (Lipinski definition) is 0. The Balaban J connectivity index is 1.82. The van der Waals surface area contributed by atoms with Crippen LogP contribution in [-0.4, -0.2) is 25.0 Å². The molecule has 0 N–H and O–H groups in total. The van der Waals surface area contributed by atoms with Crippen molar-refractivity contribution >= 4 is 35.0 Å². The summed E-state index contributed by atoms with van der Waals surface area (Å²) in [6.45, 7) is -0.677. The lowest BCUT2D eigenvalue weighted by Gasteiger charge is -2.07. The van der Waals surface area contributed by atoms with Crippen LogP contribution in [0.5, 0.6) is 5.75 Å². The fourth-order valence-electron chi connectivity index (χ4n) is 1.64. The van der Waals surface area contributed by atoms with Crippen LogP contribution in [0, 0.1) is 0 Å². The maximum atomic E-state index is 11.9. The third-order valence-corrected chi connectivity index (χ3v) is 3.24. The van der Waals surface area contributed by atoms with Gasteiger partial charge in [0.2, 0.25) is 5.78 Å². The molecule has 0 aliphatic rings. The highest BCUT2D eigenvalue weighted by molar-refractivity contribution is 6.36. The summed E-state index contributed by atoms with van der Waals surface area (Å²) < 4.78 is 10.1. The highest BCUT2D eigenvalue weighted by Gasteiger charge is 2.13. The number of Topliss-reactive ketones (excluding diaryl/α,β-unsaturated/α-hetero) is 1. The molecule has 6 heteroatoms. The van der Waals surface area contributed by atoms with Crippen molar-refractivity contribution in [3.05, 3.63) is 64.1 Å². The molecule has 0 atom stereocenters. The van der Waals surface area contributed by atoms with E-state index in [1.165, 1.54) is 12.1 Å². The van der Waals surface area contributed by atoms with Gasteiger partial charge in [-0.2, -0.15) is 0 Å². The van der Waals surface area contributed by atoms with Gasteiger partial charge in [0.1, 0.15) is 5.75 Å². The van der Waals surface area contributed by atoms with Crippen molar-refractivity contribution in [1.82, 2.24) is 0 Å². The molecule has 2 aromatic carbocycles. The molecule has 0 radical (unpaired) electrons. The van der Waals surface area contributed by atoms with Crippen molar-refractivity contribution in [3.63, 3.8) is 0 Å². The molecular formula is C16H12Cl2O4. The SMILES string of the molecule is O=C(COc1ccccc1)OCC(=O)c1ccc(Cl)cc1Cl. The Kier molecular flexibility index (Phi) is 5.81. The summed E-state index contributed by atoms with van der Waals surface area (Å²) in [5, 5.41) is 0.642. The molecule has 0 heterocycles. The second-order valence-corrected chi connectivity index (χ2v) is 5.15. The number of halogens is 2. The first-order valence-corrected chi connectivity index (χ1v) is 7.13. The Morgan fingerprint density at radius 1 is 0.955 bits per heavy atom. The number of carbonyl (C=O) groups is 2. The maximum Gasteiger partial charge on any atom is 0.344 e. The Morgan fingerprint density at radius 2 is 1.68 bits per heavy atom. The van der Waals surface area contributed by atoms with Crippen LogP contribution in [0.2, 0.25) is 10.0 Å². The van der Waals surface area contributed by atoms with Crippen molar-refractivity contribution in [2.75, 3.05) is 13.2 Å². The summed E-state index contributed by atoms with van der Waals surface area (Å²) in [4.78, 5) is 23.4. The first-order chi connectivity index (χ1) is 10.6. The third kappa shape index (κ3) is 4.76. The Labute approximate surface area is 137 Å². The Morgan fingerprint density at radius 3 is 2.36 bits per heavy atom. The third-order valence-electron chi connectivity index (χ3n) is 2.70. The molecule has 4 nitrogen and oxygen atoms in total. The number of esters is 1. The summed E-state index contributed by atoms with van der Waals surface area (Å²) in [6, 6.07) is 13.3. The van der Waals surface area contributed by atoms with Gasteiger partial charge in [0.05, 0.1) is 5.02 Å². The van der Waals surface area contributed by atoms with Crippen molar-refractivity contribution in [2.45, 2.75) is 0 Å². The molecule has 2 rings (SSSR count). The molecule has 0 bridgehead atoms. The molecule has 114 valence electrons. The normalized spacial score (nSPS) is 10.1. The quantitative estimate of drug-likeness (QED) is 0.593. The zero-order chi connectivity index (χ0) is 15.9. The van der Waals surface area contributed by atoms with Crippen LogP contribution in [0.4, 0.5) is 0 Å². The monoisotopic (exact) mass is 338 g/mol. The van der Waals surface area contributed by atoms with Crippen LogP contribution < -0.4 is 4.74 Å². The predicted molar refractivity (Wildman–Crippen MR) is 83.7 cm³/mol. The average Bonchev–Trinajstić information content (AvgIpc) is 2.51. The van der Waals surface area contributed by atoms with E-state index < -0.39 is 18.4 Å². The van der Waals surface area contributed by atoms with E-state index >= 15 is 0 Å². The smallest absolute Gasteiger partial charge is 0.344 e. The molecule has 0 fully saturated rings. The lowest BCUT2D eigenvalue weighted by atomic mass is 10.1. The van der Waals surface area contributed by atoms with Gasteiger partial charge in [0.15, 0.2) is 13.2 Å². The molecule has 0 saturated carbocycles. The van der Waals surface area contributed by atoms with Gasteiger partial charge in [-0.1, -0.05) is 41.4 Å². The first-order valence-electron chi connectivity index (χ1n) is 6.38. The summed E-state index contributed by atoms with van der Waals surface area (Å²) >= 11 is 11.7. The van der Waals surface area contributed by atoms with Crippen LogP contribution >= 0.6 is 23.2 Å². The average molecular weight is 339 g/mol. The molecule has 0 aromatic heterocycles. The van der Waals surface area contributed by atoms with E-state index in [0.717, 1.165) is 0 Å². The van der Waals surface area contributed by atoms with E-state index in [9.17, 15) is 9.59 Å². The van der Waals surface area contributed by atoms with E-state index in [4.69, 9.17) is 32.7 Å². The second-order valence-electron chi connectivity index (χ2n) is 4.31. The number of ketones is 1. The van der Waals surface area contributed by atoms with Crippen molar-refractivity contribution in [3.8, 4) is 5.75 Å². The Bertz CT molecular complexity index is 671. The first kappa shape index (κ1) is 16.3. The van der Waals surface area contributed by atoms with Crippen molar-refractivity contribution in [1.29, 1.82) is 0 Å². The van der Waals surface area contributed by atoms with Gasteiger partial charge >= 0.3 is 5.97 Å². The van der Waals surface area contributed by atoms with E-state index in [1.54, 1.807) is 30.3 Å². The molecule has 2 aromatic rings. The van der Waals surface area contributed by atoms with Gasteiger partial charge in [-0.15, -0.1) is 0 Å². The minimum absolute atomic E-state index is 0.217. The number of rotatable bonds is 6. The number of para-hydroxylation sites is 1. The van der Waals surface area contributed by atoms with Crippen LogP contribution in [-0.2, 0) is 9.53 Å². The molecule has 0 aliphatic carbocycles. The summed E-state index contributed by atoms with van der Waals surface area (Å²) in [7, 11) is 0. The maximum absolute atomic E-state index is 11.9. The summed E-state index contributed by atoms with van der Waals surface area (Å²) in [6.07, 6.45) is 0.